The van der Waals surface area contributed by atoms with Gasteiger partial charge in [0.1, 0.15) is 11.6 Å². The number of allylic oxidation sites excluding steroid dienone is 1. The van der Waals surface area contributed by atoms with Crippen molar-refractivity contribution in [1.29, 1.82) is 5.41 Å². The maximum absolute atomic E-state index is 14.2. The molecule has 0 saturated heterocycles. The van der Waals surface area contributed by atoms with Gasteiger partial charge >= 0.3 is 0 Å². The molecule has 3 aromatic rings. The minimum Gasteiger partial charge on any atom is -0.398 e. The standard InChI is InChI=1S/C22H17F2N3O/c23-16-9-6-14(7-10-16)8-11-19(25)17-12-21(18(24)13-20(17)26)27-22(28)15-4-2-1-3-5-15/h1-13,25H,26H2,(H,27,28)/b11-8+,25-19?. The Kier molecular flexibility index (Phi) is 5.60. The van der Waals surface area contributed by atoms with Crippen molar-refractivity contribution in [3.05, 3.63) is 101 Å². The van der Waals surface area contributed by atoms with Crippen LogP contribution in [0.4, 0.5) is 20.2 Å². The van der Waals surface area contributed by atoms with E-state index in [1.807, 2.05) is 0 Å². The third-order valence-electron chi connectivity index (χ3n) is 4.03. The molecule has 0 fully saturated rings. The molecule has 140 valence electrons. The average Bonchev–Trinajstić information content (AvgIpc) is 2.70. The Morgan fingerprint density at radius 1 is 1.00 bits per heavy atom. The monoisotopic (exact) mass is 377 g/mol. The Morgan fingerprint density at radius 3 is 2.36 bits per heavy atom. The molecular weight excluding hydrogens is 360 g/mol. The molecular formula is C22H17F2N3O. The van der Waals surface area contributed by atoms with E-state index in [1.165, 1.54) is 24.3 Å². The number of nitrogens with two attached hydrogens (primary N) is 1. The largest absolute Gasteiger partial charge is 0.398 e. The molecule has 0 atom stereocenters. The number of hydrogen-bond acceptors (Lipinski definition) is 3. The number of anilines is 2. The van der Waals surface area contributed by atoms with E-state index in [1.54, 1.807) is 48.5 Å². The van der Waals surface area contributed by atoms with E-state index in [-0.39, 0.29) is 28.5 Å². The summed E-state index contributed by atoms with van der Waals surface area (Å²) in [7, 11) is 0. The third-order valence-corrected chi connectivity index (χ3v) is 4.03. The molecule has 0 heterocycles. The molecule has 0 aromatic heterocycles. The third kappa shape index (κ3) is 4.48. The van der Waals surface area contributed by atoms with Gasteiger partial charge in [0.15, 0.2) is 0 Å². The lowest BCUT2D eigenvalue weighted by Crippen LogP contribution is -2.14. The summed E-state index contributed by atoms with van der Waals surface area (Å²) in [5, 5.41) is 10.7. The van der Waals surface area contributed by atoms with Crippen molar-refractivity contribution in [2.75, 3.05) is 11.1 Å². The van der Waals surface area contributed by atoms with Crippen molar-refractivity contribution >= 4 is 29.1 Å². The van der Waals surface area contributed by atoms with Crippen molar-refractivity contribution < 1.29 is 13.6 Å². The molecule has 0 bridgehead atoms. The number of carbonyl (C=O) groups excluding carboxylic acids is 1. The number of carbonyl (C=O) groups is 1. The number of rotatable bonds is 5. The summed E-state index contributed by atoms with van der Waals surface area (Å²) >= 11 is 0. The number of benzene rings is 3. The zero-order valence-corrected chi connectivity index (χ0v) is 14.7. The van der Waals surface area contributed by atoms with Gasteiger partial charge in [-0.3, -0.25) is 4.79 Å². The molecule has 3 aromatic carbocycles. The number of nitrogens with one attached hydrogen (secondary N) is 2. The van der Waals surface area contributed by atoms with Crippen LogP contribution in [-0.4, -0.2) is 11.6 Å². The zero-order chi connectivity index (χ0) is 20.1. The number of halogens is 2. The van der Waals surface area contributed by atoms with Crippen LogP contribution in [0.3, 0.4) is 0 Å². The van der Waals surface area contributed by atoms with Crippen LogP contribution in [0.25, 0.3) is 6.08 Å². The molecule has 0 aliphatic heterocycles. The van der Waals surface area contributed by atoms with E-state index in [0.717, 1.165) is 6.07 Å². The first-order valence-corrected chi connectivity index (χ1v) is 8.42. The maximum Gasteiger partial charge on any atom is 0.255 e. The Bertz CT molecular complexity index is 1050. The van der Waals surface area contributed by atoms with E-state index in [4.69, 9.17) is 11.1 Å². The van der Waals surface area contributed by atoms with Gasteiger partial charge < -0.3 is 16.5 Å². The van der Waals surface area contributed by atoms with Crippen LogP contribution in [-0.2, 0) is 0 Å². The van der Waals surface area contributed by atoms with Crippen molar-refractivity contribution in [2.24, 2.45) is 0 Å². The van der Waals surface area contributed by atoms with Gasteiger partial charge in [0.2, 0.25) is 0 Å². The Morgan fingerprint density at radius 2 is 1.68 bits per heavy atom. The SMILES string of the molecule is N=C(/C=C/c1ccc(F)cc1)c1cc(NC(=O)c2ccccc2)c(F)cc1N. The lowest BCUT2D eigenvalue weighted by atomic mass is 10.0. The number of amides is 1. The lowest BCUT2D eigenvalue weighted by molar-refractivity contribution is 0.102. The second-order valence-electron chi connectivity index (χ2n) is 6.04. The molecule has 4 N–H and O–H groups in total. The highest BCUT2D eigenvalue weighted by atomic mass is 19.1. The van der Waals surface area contributed by atoms with E-state index in [9.17, 15) is 13.6 Å². The van der Waals surface area contributed by atoms with Crippen LogP contribution in [0.1, 0.15) is 21.5 Å². The van der Waals surface area contributed by atoms with Gasteiger partial charge in [-0.1, -0.05) is 36.4 Å². The summed E-state index contributed by atoms with van der Waals surface area (Å²) in [6.07, 6.45) is 3.09. The van der Waals surface area contributed by atoms with Crippen molar-refractivity contribution in [2.45, 2.75) is 0 Å². The van der Waals surface area contributed by atoms with Crippen molar-refractivity contribution in [3.8, 4) is 0 Å². The molecule has 3 rings (SSSR count). The van der Waals surface area contributed by atoms with E-state index in [0.29, 0.717) is 11.1 Å². The quantitative estimate of drug-likeness (QED) is 0.438. The first-order valence-electron chi connectivity index (χ1n) is 8.42. The van der Waals surface area contributed by atoms with Crippen LogP contribution in [0.5, 0.6) is 0 Å². The first-order chi connectivity index (χ1) is 13.4. The molecule has 28 heavy (non-hydrogen) atoms. The van der Waals surface area contributed by atoms with Gasteiger partial charge in [-0.25, -0.2) is 8.78 Å². The van der Waals surface area contributed by atoms with Crippen LogP contribution in [0.15, 0.2) is 72.8 Å². The summed E-state index contributed by atoms with van der Waals surface area (Å²) in [4.78, 5) is 12.3. The molecule has 0 unspecified atom stereocenters. The highest BCUT2D eigenvalue weighted by Crippen LogP contribution is 2.24. The smallest absolute Gasteiger partial charge is 0.255 e. The molecule has 0 saturated carbocycles. The fourth-order valence-electron chi connectivity index (χ4n) is 2.54. The van der Waals surface area contributed by atoms with Crippen LogP contribution in [0, 0.1) is 17.0 Å². The Labute approximate surface area is 160 Å². The first kappa shape index (κ1) is 19.0. The lowest BCUT2D eigenvalue weighted by Gasteiger charge is -2.11. The molecule has 0 aliphatic carbocycles. The van der Waals surface area contributed by atoms with Crippen LogP contribution < -0.4 is 11.1 Å². The fraction of sp³-hybridized carbons (Fsp3) is 0. The van der Waals surface area contributed by atoms with E-state index < -0.39 is 11.7 Å². The van der Waals surface area contributed by atoms with Crippen LogP contribution >= 0.6 is 0 Å². The van der Waals surface area contributed by atoms with Crippen molar-refractivity contribution in [1.82, 2.24) is 0 Å². The molecule has 1 amide bonds. The average molecular weight is 377 g/mol. The second-order valence-corrected chi connectivity index (χ2v) is 6.04. The zero-order valence-electron chi connectivity index (χ0n) is 14.7. The predicted molar refractivity (Wildman–Crippen MR) is 107 cm³/mol. The van der Waals surface area contributed by atoms with Crippen molar-refractivity contribution in [3.63, 3.8) is 0 Å². The van der Waals surface area contributed by atoms with E-state index in [2.05, 4.69) is 5.32 Å². The molecule has 0 radical (unpaired) electrons. The highest BCUT2D eigenvalue weighted by molar-refractivity contribution is 6.13. The minimum atomic E-state index is -0.694. The van der Waals surface area contributed by atoms with E-state index >= 15 is 0 Å². The predicted octanol–water partition coefficient (Wildman–Crippen LogP) is 4.88. The summed E-state index contributed by atoms with van der Waals surface area (Å²) in [5.74, 6) is -1.52. The molecule has 0 aliphatic rings. The highest BCUT2D eigenvalue weighted by Gasteiger charge is 2.13. The van der Waals surface area contributed by atoms with Gasteiger partial charge in [0.25, 0.3) is 5.91 Å². The fourth-order valence-corrected chi connectivity index (χ4v) is 2.54. The topological polar surface area (TPSA) is 79.0 Å². The molecule has 4 nitrogen and oxygen atoms in total. The maximum atomic E-state index is 14.2. The van der Waals surface area contributed by atoms with Gasteiger partial charge in [-0.05, 0) is 48.0 Å². The van der Waals surface area contributed by atoms with Gasteiger partial charge in [0.05, 0.1) is 11.4 Å². The molecule has 6 heteroatoms. The number of nitrogen functional groups attached to an aromatic ring is 1. The molecule has 0 spiro atoms. The van der Waals surface area contributed by atoms with Gasteiger partial charge in [-0.2, -0.15) is 0 Å². The van der Waals surface area contributed by atoms with Gasteiger partial charge in [0, 0.05) is 16.8 Å². The minimum absolute atomic E-state index is 0.0250. The van der Waals surface area contributed by atoms with Crippen LogP contribution in [0.2, 0.25) is 0 Å². The summed E-state index contributed by atoms with van der Waals surface area (Å²) in [5.41, 5.74) is 7.22. The Balaban J connectivity index is 1.83. The second kappa shape index (κ2) is 8.26. The Hall–Kier alpha value is -3.80. The normalized spacial score (nSPS) is 10.8. The number of hydrogen-bond donors (Lipinski definition) is 3. The summed E-state index contributed by atoms with van der Waals surface area (Å²) in [6.45, 7) is 0. The summed E-state index contributed by atoms with van der Waals surface area (Å²) < 4.78 is 27.2. The summed E-state index contributed by atoms with van der Waals surface area (Å²) in [6, 6.07) is 16.5. The van der Waals surface area contributed by atoms with Gasteiger partial charge in [-0.15, -0.1) is 0 Å².